The lowest BCUT2D eigenvalue weighted by Gasteiger charge is -2.27. The van der Waals surface area contributed by atoms with Crippen LogP contribution in [0, 0.1) is 34.3 Å². The molecule has 4 N–H and O–H groups in total. The van der Waals surface area contributed by atoms with Crippen molar-refractivity contribution in [2.75, 3.05) is 21.3 Å². The van der Waals surface area contributed by atoms with Gasteiger partial charge in [0.05, 0.1) is 34.3 Å². The quantitative estimate of drug-likeness (QED) is 0.0866. The molecule has 2 amide bonds. The van der Waals surface area contributed by atoms with E-state index in [-0.39, 0.29) is 11.1 Å². The number of aromatic nitrogens is 6. The smallest absolute Gasteiger partial charge is 0.247 e. The normalized spacial score (nSPS) is 11.8. The second-order valence-electron chi connectivity index (χ2n) is 16.0. The molecule has 2 unspecified atom stereocenters. The van der Waals surface area contributed by atoms with Crippen molar-refractivity contribution in [3.63, 3.8) is 0 Å². The number of hydrogen-bond acceptors (Lipinski definition) is 10. The molecule has 10 rings (SSSR count). The number of para-hydroxylation sites is 2. The number of nitrogens with one attached hydrogen (secondary N) is 4. The Morgan fingerprint density at radius 2 is 0.986 bits per heavy atom. The van der Waals surface area contributed by atoms with Gasteiger partial charge in [-0.25, -0.2) is 17.8 Å². The summed E-state index contributed by atoms with van der Waals surface area (Å²) in [5.74, 6) is -4.95. The Morgan fingerprint density at radius 1 is 0.514 bits per heavy atom. The van der Waals surface area contributed by atoms with Crippen LogP contribution in [0.3, 0.4) is 0 Å². The monoisotopic (exact) mass is 922 g/mol. The number of nitrogens with zero attached hydrogens (tertiary/aromatic N) is 8. The zero-order chi connectivity index (χ0) is 48.1. The number of amides is 2. The minimum atomic E-state index is -1.46. The largest absolute Gasteiger partial charge is 0.326 e. The topological polar surface area (TPSA) is 190 Å². The number of pyridine rings is 2. The van der Waals surface area contributed by atoms with E-state index in [9.17, 15) is 24.5 Å². The summed E-state index contributed by atoms with van der Waals surface area (Å²) in [4.78, 5) is 38.2. The van der Waals surface area contributed by atoms with Crippen molar-refractivity contribution in [1.29, 1.82) is 10.5 Å². The molecule has 0 aliphatic carbocycles. The van der Waals surface area contributed by atoms with Crippen molar-refractivity contribution in [2.24, 2.45) is 0 Å². The fourth-order valence-corrected chi connectivity index (χ4v) is 8.16. The average molecular weight is 923 g/mol. The number of benzene rings is 6. The number of rotatable bonds is 13. The van der Waals surface area contributed by atoms with E-state index < -0.39 is 35.3 Å². The molecule has 6 aromatic carbocycles. The van der Waals surface area contributed by atoms with Gasteiger partial charge in [0, 0.05) is 40.5 Å². The predicted molar refractivity (Wildman–Crippen MR) is 261 cm³/mol. The molecular formula is C54H36F2N12O2. The Hall–Kier alpha value is -10.1. The van der Waals surface area contributed by atoms with Crippen molar-refractivity contribution >= 4 is 57.8 Å². The van der Waals surface area contributed by atoms with E-state index in [1.54, 1.807) is 125 Å². The maximum absolute atomic E-state index is 15.9. The Morgan fingerprint density at radius 3 is 1.49 bits per heavy atom. The minimum Gasteiger partial charge on any atom is -0.326 e. The standard InChI is InChI=1S/C54H36F2N12O2/c55-40-11-7-10-35(28-40)49(51(69)59-41-22-16-33(17-23-41)38-20-26-47-63-53(65-67(47)31-38)61-45-14-5-1-8-36(45)29-57)50(43-12-3-4-13-44(43)56)52(70)60-42-24-18-34(19-25-42)39-21-27-48-64-54(66-68(48)32-39)62-46-15-6-2-9-37(46)30-58/h1-28,31-32,49-50H,(H,59,69)(H,60,70)(H,61,65)(H,62,66). The van der Waals surface area contributed by atoms with E-state index in [0.717, 1.165) is 22.3 Å². The van der Waals surface area contributed by atoms with Gasteiger partial charge in [0.2, 0.25) is 23.7 Å². The molecule has 16 heteroatoms. The number of carbonyl (C=O) groups is 2. The van der Waals surface area contributed by atoms with Gasteiger partial charge in [-0.2, -0.15) is 20.5 Å². The summed E-state index contributed by atoms with van der Waals surface area (Å²) in [6, 6.07) is 50.8. The number of anilines is 6. The Balaban J connectivity index is 0.888. The third kappa shape index (κ3) is 9.19. The van der Waals surface area contributed by atoms with Crippen LogP contribution in [0.5, 0.6) is 0 Å². The molecule has 0 bridgehead atoms. The first kappa shape index (κ1) is 43.8. The van der Waals surface area contributed by atoms with Gasteiger partial charge < -0.3 is 21.3 Å². The molecule has 4 aromatic heterocycles. The lowest BCUT2D eigenvalue weighted by molar-refractivity contribution is -0.124. The number of hydrogen-bond donors (Lipinski definition) is 4. The van der Waals surface area contributed by atoms with E-state index >= 15 is 4.39 Å². The summed E-state index contributed by atoms with van der Waals surface area (Å²) in [5, 5.41) is 40.0. The fraction of sp³-hybridized carbons (Fsp3) is 0.0370. The SMILES string of the molecule is N#Cc1ccccc1Nc1nc2ccc(-c3ccc(NC(=O)C(c4cccc(F)c4)C(C(=O)Nc4ccc(-c5ccc6nc(Nc7ccccc7C#N)nn6c5)cc4)c4ccccc4F)cc3)cn2n1. The minimum absolute atomic E-state index is 0.0568. The number of halogens is 2. The van der Waals surface area contributed by atoms with Gasteiger partial charge in [-0.1, -0.05) is 78.9 Å². The molecule has 10 aromatic rings. The lowest BCUT2D eigenvalue weighted by Crippen LogP contribution is -2.34. The van der Waals surface area contributed by atoms with Crippen LogP contribution in [0.2, 0.25) is 0 Å². The molecule has 70 heavy (non-hydrogen) atoms. The van der Waals surface area contributed by atoms with Crippen LogP contribution in [0.25, 0.3) is 33.5 Å². The van der Waals surface area contributed by atoms with Crippen molar-refractivity contribution < 1.29 is 18.4 Å². The molecular weight excluding hydrogens is 887 g/mol. The van der Waals surface area contributed by atoms with Crippen LogP contribution in [-0.2, 0) is 9.59 Å². The van der Waals surface area contributed by atoms with Gasteiger partial charge >= 0.3 is 0 Å². The first-order valence-corrected chi connectivity index (χ1v) is 21.8. The van der Waals surface area contributed by atoms with Crippen LogP contribution in [0.15, 0.2) is 182 Å². The Kier molecular flexibility index (Phi) is 11.9. The second kappa shape index (κ2) is 19.0. The summed E-state index contributed by atoms with van der Waals surface area (Å²) in [6.07, 6.45) is 3.60. The van der Waals surface area contributed by atoms with Crippen LogP contribution >= 0.6 is 0 Å². The van der Waals surface area contributed by atoms with E-state index in [1.165, 1.54) is 42.5 Å². The predicted octanol–water partition coefficient (Wildman–Crippen LogP) is 10.8. The molecule has 14 nitrogen and oxygen atoms in total. The van der Waals surface area contributed by atoms with Gasteiger partial charge in [-0.05, 0) is 108 Å². The van der Waals surface area contributed by atoms with E-state index in [4.69, 9.17) is 0 Å². The Bertz CT molecular complexity index is 3690. The molecule has 0 saturated heterocycles. The van der Waals surface area contributed by atoms with Crippen molar-refractivity contribution in [2.45, 2.75) is 11.8 Å². The van der Waals surface area contributed by atoms with Crippen LogP contribution in [0.4, 0.5) is 43.4 Å². The number of carbonyl (C=O) groups excluding carboxylic acids is 2. The summed E-state index contributed by atoms with van der Waals surface area (Å²) in [7, 11) is 0. The summed E-state index contributed by atoms with van der Waals surface area (Å²) in [6.45, 7) is 0. The third-order valence-electron chi connectivity index (χ3n) is 11.6. The van der Waals surface area contributed by atoms with E-state index in [0.29, 0.717) is 57.1 Å². The zero-order valence-electron chi connectivity index (χ0n) is 36.6. The molecule has 0 saturated carbocycles. The molecule has 0 spiro atoms. The van der Waals surface area contributed by atoms with Crippen molar-refractivity contribution in [3.05, 3.63) is 216 Å². The summed E-state index contributed by atoms with van der Waals surface area (Å²) in [5.41, 5.74) is 7.22. The first-order valence-electron chi connectivity index (χ1n) is 21.8. The van der Waals surface area contributed by atoms with Gasteiger partial charge in [0.25, 0.3) is 0 Å². The summed E-state index contributed by atoms with van der Waals surface area (Å²) < 4.78 is 34.1. The molecule has 4 heterocycles. The zero-order valence-corrected chi connectivity index (χ0v) is 36.6. The first-order chi connectivity index (χ1) is 34.2. The van der Waals surface area contributed by atoms with Gasteiger partial charge in [0.15, 0.2) is 11.3 Å². The number of nitriles is 2. The van der Waals surface area contributed by atoms with Crippen molar-refractivity contribution in [1.82, 2.24) is 29.2 Å². The van der Waals surface area contributed by atoms with Gasteiger partial charge in [0.1, 0.15) is 23.8 Å². The molecule has 0 aliphatic heterocycles. The highest BCUT2D eigenvalue weighted by Crippen LogP contribution is 2.38. The lowest BCUT2D eigenvalue weighted by atomic mass is 9.79. The fourth-order valence-electron chi connectivity index (χ4n) is 8.16. The molecule has 2 atom stereocenters. The molecule has 0 fully saturated rings. The van der Waals surface area contributed by atoms with Crippen molar-refractivity contribution in [3.8, 4) is 34.4 Å². The van der Waals surface area contributed by atoms with E-state index in [2.05, 4.69) is 53.6 Å². The van der Waals surface area contributed by atoms with Crippen LogP contribution in [-0.4, -0.2) is 41.0 Å². The highest BCUT2D eigenvalue weighted by atomic mass is 19.1. The maximum Gasteiger partial charge on any atom is 0.247 e. The maximum atomic E-state index is 15.9. The number of fused-ring (bicyclic) bond motifs is 2. The summed E-state index contributed by atoms with van der Waals surface area (Å²) >= 11 is 0. The highest BCUT2D eigenvalue weighted by molar-refractivity contribution is 6.05. The van der Waals surface area contributed by atoms with Crippen LogP contribution in [0.1, 0.15) is 34.1 Å². The molecule has 0 aliphatic rings. The average Bonchev–Trinajstić information content (AvgIpc) is 3.99. The highest BCUT2D eigenvalue weighted by Gasteiger charge is 2.38. The second-order valence-corrected chi connectivity index (χ2v) is 16.0. The van der Waals surface area contributed by atoms with E-state index in [1.807, 2.05) is 24.3 Å². The Labute approximate surface area is 398 Å². The molecule has 0 radical (unpaired) electrons. The van der Waals surface area contributed by atoms with Crippen LogP contribution < -0.4 is 21.3 Å². The van der Waals surface area contributed by atoms with Gasteiger partial charge in [-0.3, -0.25) is 9.59 Å². The molecule has 338 valence electrons. The van der Waals surface area contributed by atoms with Gasteiger partial charge in [-0.15, -0.1) is 10.2 Å². The third-order valence-corrected chi connectivity index (χ3v) is 11.6.